The van der Waals surface area contributed by atoms with Crippen LogP contribution in [0.3, 0.4) is 0 Å². The van der Waals surface area contributed by atoms with Crippen molar-refractivity contribution in [3.05, 3.63) is 24.3 Å². The van der Waals surface area contributed by atoms with Gasteiger partial charge in [-0.2, -0.15) is 0 Å². The van der Waals surface area contributed by atoms with E-state index < -0.39 is 15.7 Å². The van der Waals surface area contributed by atoms with Crippen LogP contribution in [0.2, 0.25) is 0 Å². The van der Waals surface area contributed by atoms with Crippen LogP contribution in [-0.2, 0) is 24.2 Å². The Balaban J connectivity index is 1.84. The lowest BCUT2D eigenvalue weighted by Crippen LogP contribution is -2.21. The maximum Gasteiger partial charge on any atom is 0.309 e. The molecule has 1 fully saturated rings. The standard InChI is InChI=1S/C14H17NO5S/c1-9-7-12(9)14(17)20-8-13(16)15-10-3-5-11(6-4-10)21(2,18)19/h3-6,9,12H,7-8H2,1-2H3,(H,15,16)/t9-,12+/m1/s1. The van der Waals surface area contributed by atoms with Gasteiger partial charge in [0.1, 0.15) is 0 Å². The maximum absolute atomic E-state index is 11.6. The molecule has 0 spiro atoms. The number of sulfone groups is 1. The average molecular weight is 311 g/mol. The van der Waals surface area contributed by atoms with Crippen LogP contribution < -0.4 is 5.32 Å². The molecule has 6 nitrogen and oxygen atoms in total. The second-order valence-electron chi connectivity index (χ2n) is 5.27. The Bertz CT molecular complexity index is 650. The Morgan fingerprint density at radius 3 is 2.33 bits per heavy atom. The summed E-state index contributed by atoms with van der Waals surface area (Å²) < 4.78 is 27.5. The van der Waals surface area contributed by atoms with Crippen LogP contribution in [0.4, 0.5) is 5.69 Å². The SMILES string of the molecule is C[C@@H]1C[C@@H]1C(=O)OCC(=O)Nc1ccc(S(C)(=O)=O)cc1. The normalized spacial score (nSPS) is 20.7. The number of amides is 1. The van der Waals surface area contributed by atoms with Crippen LogP contribution in [0.25, 0.3) is 0 Å². The van der Waals surface area contributed by atoms with Crippen LogP contribution in [-0.4, -0.2) is 33.2 Å². The summed E-state index contributed by atoms with van der Waals surface area (Å²) in [6.45, 7) is 1.62. The Hall–Kier alpha value is -1.89. The molecule has 1 N–H and O–H groups in total. The van der Waals surface area contributed by atoms with Gasteiger partial charge in [-0.3, -0.25) is 9.59 Å². The van der Waals surface area contributed by atoms with Crippen molar-refractivity contribution in [2.75, 3.05) is 18.2 Å². The summed E-state index contributed by atoms with van der Waals surface area (Å²) in [6.07, 6.45) is 1.92. The third-order valence-corrected chi connectivity index (χ3v) is 4.45. The van der Waals surface area contributed by atoms with Crippen LogP contribution in [0, 0.1) is 11.8 Å². The summed E-state index contributed by atoms with van der Waals surface area (Å²) in [6, 6.07) is 5.78. The van der Waals surface area contributed by atoms with E-state index >= 15 is 0 Å². The van der Waals surface area contributed by atoms with E-state index in [4.69, 9.17) is 4.74 Å². The molecule has 1 aliphatic carbocycles. The van der Waals surface area contributed by atoms with Gasteiger partial charge in [-0.1, -0.05) is 6.92 Å². The van der Waals surface area contributed by atoms with Gasteiger partial charge in [0, 0.05) is 11.9 Å². The summed E-state index contributed by atoms with van der Waals surface area (Å²) in [4.78, 5) is 23.3. The summed E-state index contributed by atoms with van der Waals surface area (Å²) >= 11 is 0. The number of esters is 1. The first-order chi connectivity index (χ1) is 9.77. The van der Waals surface area contributed by atoms with Crippen LogP contribution in [0.5, 0.6) is 0 Å². The van der Waals surface area contributed by atoms with E-state index in [1.54, 1.807) is 0 Å². The van der Waals surface area contributed by atoms with E-state index in [1.807, 2.05) is 6.92 Å². The third-order valence-electron chi connectivity index (χ3n) is 3.32. The van der Waals surface area contributed by atoms with Crippen molar-refractivity contribution < 1.29 is 22.7 Å². The fourth-order valence-electron chi connectivity index (χ4n) is 1.88. The molecule has 7 heteroatoms. The molecule has 1 saturated carbocycles. The molecule has 0 radical (unpaired) electrons. The molecule has 1 aliphatic rings. The molecular weight excluding hydrogens is 294 g/mol. The largest absolute Gasteiger partial charge is 0.455 e. The number of ether oxygens (including phenoxy) is 1. The van der Waals surface area contributed by atoms with E-state index in [2.05, 4.69) is 5.32 Å². The molecule has 1 aromatic rings. The number of rotatable bonds is 5. The number of hydrogen-bond acceptors (Lipinski definition) is 5. The highest BCUT2D eigenvalue weighted by Crippen LogP contribution is 2.38. The van der Waals surface area contributed by atoms with Gasteiger partial charge < -0.3 is 10.1 Å². The van der Waals surface area contributed by atoms with Crippen molar-refractivity contribution in [2.24, 2.45) is 11.8 Å². The molecule has 0 bridgehead atoms. The predicted molar refractivity (Wildman–Crippen MR) is 76.4 cm³/mol. The Kier molecular flexibility index (Phi) is 4.32. The van der Waals surface area contributed by atoms with Gasteiger partial charge in [0.25, 0.3) is 5.91 Å². The first-order valence-electron chi connectivity index (χ1n) is 6.54. The van der Waals surface area contributed by atoms with E-state index in [9.17, 15) is 18.0 Å². The monoisotopic (exact) mass is 311 g/mol. The fraction of sp³-hybridized carbons (Fsp3) is 0.429. The number of anilines is 1. The minimum absolute atomic E-state index is 0.0770. The molecule has 1 aromatic carbocycles. The van der Waals surface area contributed by atoms with Crippen LogP contribution in [0.15, 0.2) is 29.2 Å². The zero-order valence-electron chi connectivity index (χ0n) is 11.8. The van der Waals surface area contributed by atoms with Crippen molar-refractivity contribution in [1.82, 2.24) is 0 Å². The third kappa shape index (κ3) is 4.29. The highest BCUT2D eigenvalue weighted by atomic mass is 32.2. The zero-order valence-corrected chi connectivity index (χ0v) is 12.6. The smallest absolute Gasteiger partial charge is 0.309 e. The molecule has 114 valence electrons. The molecular formula is C14H17NO5S. The Morgan fingerprint density at radius 2 is 1.86 bits per heavy atom. The van der Waals surface area contributed by atoms with E-state index in [1.165, 1.54) is 24.3 Å². The number of benzene rings is 1. The van der Waals surface area contributed by atoms with Crippen molar-refractivity contribution in [3.63, 3.8) is 0 Å². The van der Waals surface area contributed by atoms with Crippen molar-refractivity contribution in [3.8, 4) is 0 Å². The lowest BCUT2D eigenvalue weighted by atomic mass is 10.3. The van der Waals surface area contributed by atoms with Crippen molar-refractivity contribution >= 4 is 27.4 Å². The minimum atomic E-state index is -3.26. The van der Waals surface area contributed by atoms with Crippen LogP contribution >= 0.6 is 0 Å². The molecule has 1 amide bonds. The number of nitrogens with one attached hydrogen (secondary N) is 1. The Morgan fingerprint density at radius 1 is 1.29 bits per heavy atom. The highest BCUT2D eigenvalue weighted by Gasteiger charge is 2.40. The number of carbonyl (C=O) groups excluding carboxylic acids is 2. The second kappa shape index (κ2) is 5.85. The van der Waals surface area contributed by atoms with Gasteiger partial charge in [0.15, 0.2) is 16.4 Å². The summed E-state index contributed by atoms with van der Waals surface area (Å²) in [5.41, 5.74) is 0.447. The summed E-state index contributed by atoms with van der Waals surface area (Å²) in [5, 5.41) is 2.54. The molecule has 0 heterocycles. The van der Waals surface area contributed by atoms with Crippen molar-refractivity contribution in [2.45, 2.75) is 18.2 Å². The number of hydrogen-bond donors (Lipinski definition) is 1. The number of carbonyl (C=O) groups is 2. The predicted octanol–water partition coefficient (Wildman–Crippen LogP) is 1.23. The minimum Gasteiger partial charge on any atom is -0.455 e. The first-order valence-corrected chi connectivity index (χ1v) is 8.43. The zero-order chi connectivity index (χ0) is 15.6. The maximum atomic E-state index is 11.6. The lowest BCUT2D eigenvalue weighted by Gasteiger charge is -2.07. The molecule has 0 aliphatic heterocycles. The topological polar surface area (TPSA) is 89.5 Å². The van der Waals surface area contributed by atoms with Gasteiger partial charge in [-0.25, -0.2) is 8.42 Å². The second-order valence-corrected chi connectivity index (χ2v) is 7.29. The molecule has 21 heavy (non-hydrogen) atoms. The first kappa shape index (κ1) is 15.5. The molecule has 0 saturated heterocycles. The van der Waals surface area contributed by atoms with E-state index in [0.29, 0.717) is 11.6 Å². The van der Waals surface area contributed by atoms with Crippen LogP contribution in [0.1, 0.15) is 13.3 Å². The fourth-order valence-corrected chi connectivity index (χ4v) is 2.51. The molecule has 0 unspecified atom stereocenters. The van der Waals surface area contributed by atoms with Crippen molar-refractivity contribution in [1.29, 1.82) is 0 Å². The average Bonchev–Trinajstić information content (AvgIpc) is 3.13. The van der Waals surface area contributed by atoms with Gasteiger partial charge in [0.2, 0.25) is 0 Å². The van der Waals surface area contributed by atoms with E-state index in [-0.39, 0.29) is 23.4 Å². The Labute approximate surface area is 123 Å². The van der Waals surface area contributed by atoms with Gasteiger partial charge in [0.05, 0.1) is 10.8 Å². The van der Waals surface area contributed by atoms with Gasteiger partial charge >= 0.3 is 5.97 Å². The highest BCUT2D eigenvalue weighted by molar-refractivity contribution is 7.90. The summed E-state index contributed by atoms with van der Waals surface area (Å²) in [5.74, 6) is -0.537. The lowest BCUT2D eigenvalue weighted by molar-refractivity contribution is -0.148. The molecule has 2 atom stereocenters. The molecule has 2 rings (SSSR count). The van der Waals surface area contributed by atoms with E-state index in [0.717, 1.165) is 12.7 Å². The quantitative estimate of drug-likeness (QED) is 0.826. The molecule has 0 aromatic heterocycles. The van der Waals surface area contributed by atoms with Gasteiger partial charge in [-0.05, 0) is 36.6 Å². The summed E-state index contributed by atoms with van der Waals surface area (Å²) in [7, 11) is -3.26. The van der Waals surface area contributed by atoms with Gasteiger partial charge in [-0.15, -0.1) is 0 Å².